The minimum absolute atomic E-state index is 0.0263. The van der Waals surface area contributed by atoms with Crippen LogP contribution in [0.4, 0.5) is 4.39 Å². The predicted octanol–water partition coefficient (Wildman–Crippen LogP) is 0.625. The largest absolute Gasteiger partial charge is 0.386 e. The molecule has 1 atom stereocenters. The first-order chi connectivity index (χ1) is 13.0. The summed E-state index contributed by atoms with van der Waals surface area (Å²) in [6.45, 7) is 4.83. The fourth-order valence-corrected chi connectivity index (χ4v) is 3.05. The van der Waals surface area contributed by atoms with Gasteiger partial charge in [0, 0.05) is 38.3 Å². The minimum atomic E-state index is -0.990. The summed E-state index contributed by atoms with van der Waals surface area (Å²) in [6.07, 6.45) is 0.810. The van der Waals surface area contributed by atoms with Gasteiger partial charge in [0.25, 0.3) is 0 Å². The van der Waals surface area contributed by atoms with Gasteiger partial charge in [0.15, 0.2) is 5.96 Å². The first-order valence-corrected chi connectivity index (χ1v) is 9.43. The van der Waals surface area contributed by atoms with E-state index in [1.165, 1.54) is 6.07 Å². The molecule has 1 heterocycles. The minimum Gasteiger partial charge on any atom is -0.386 e. The Hall–Kier alpha value is -2.19. The molecule has 0 bridgehead atoms. The number of hydrogen-bond acceptors (Lipinski definition) is 4. The van der Waals surface area contributed by atoms with Gasteiger partial charge in [0.05, 0.1) is 13.1 Å². The number of carbonyl (C=O) groups excluding carboxylic acids is 1. The summed E-state index contributed by atoms with van der Waals surface area (Å²) in [7, 11) is 1.64. The highest BCUT2D eigenvalue weighted by Crippen LogP contribution is 2.16. The van der Waals surface area contributed by atoms with Crippen molar-refractivity contribution in [1.82, 2.24) is 20.9 Å². The first-order valence-electron chi connectivity index (χ1n) is 9.43. The second kappa shape index (κ2) is 10.8. The number of likely N-dealkylation sites (tertiary alicyclic amines) is 1. The fourth-order valence-electron chi connectivity index (χ4n) is 3.05. The number of aliphatic hydroxyl groups is 1. The lowest BCUT2D eigenvalue weighted by Gasteiger charge is -2.32. The first kappa shape index (κ1) is 21.1. The molecule has 1 fully saturated rings. The number of halogens is 1. The van der Waals surface area contributed by atoms with Crippen molar-refractivity contribution in [2.24, 2.45) is 4.99 Å². The number of hydrogen-bond donors (Lipinski definition) is 4. The standard InChI is InChI=1S/C19H30FN5O2/c1-3-22-19(23-12-17(26)15-6-4-5-7-16(15)20)24-14-8-10-25(11-9-14)13-18(27)21-2/h4-7,14,17,26H,3,8-13H2,1-2H3,(H,21,27)(H2,22,23,24). The highest BCUT2D eigenvalue weighted by atomic mass is 19.1. The number of benzene rings is 1. The Bertz CT molecular complexity index is 632. The van der Waals surface area contributed by atoms with Crippen LogP contribution in [0.1, 0.15) is 31.4 Å². The zero-order valence-electron chi connectivity index (χ0n) is 16.0. The van der Waals surface area contributed by atoms with Crippen molar-refractivity contribution >= 4 is 11.9 Å². The zero-order valence-corrected chi connectivity index (χ0v) is 16.0. The van der Waals surface area contributed by atoms with Crippen molar-refractivity contribution in [1.29, 1.82) is 0 Å². The molecule has 1 aliphatic rings. The summed E-state index contributed by atoms with van der Waals surface area (Å²) in [6, 6.07) is 6.43. The van der Waals surface area contributed by atoms with Gasteiger partial charge < -0.3 is 21.1 Å². The predicted molar refractivity (Wildman–Crippen MR) is 104 cm³/mol. The van der Waals surface area contributed by atoms with E-state index in [1.807, 2.05) is 6.92 Å². The van der Waals surface area contributed by atoms with Gasteiger partial charge in [0.2, 0.25) is 5.91 Å². The quantitative estimate of drug-likeness (QED) is 0.412. The van der Waals surface area contributed by atoms with Gasteiger partial charge in [-0.05, 0) is 25.8 Å². The Balaban J connectivity index is 1.87. The lowest BCUT2D eigenvalue weighted by molar-refractivity contribution is -0.122. The number of nitrogens with zero attached hydrogens (tertiary/aromatic N) is 2. The average Bonchev–Trinajstić information content (AvgIpc) is 2.67. The molecule has 0 saturated carbocycles. The summed E-state index contributed by atoms with van der Waals surface area (Å²) in [5.74, 6) is 0.206. The van der Waals surface area contributed by atoms with Crippen LogP contribution in [-0.4, -0.2) is 67.7 Å². The molecule has 4 N–H and O–H groups in total. The number of amides is 1. The number of piperidine rings is 1. The van der Waals surface area contributed by atoms with E-state index in [1.54, 1.807) is 25.2 Å². The summed E-state index contributed by atoms with van der Waals surface area (Å²) < 4.78 is 13.8. The van der Waals surface area contributed by atoms with E-state index >= 15 is 0 Å². The average molecular weight is 379 g/mol. The number of carbonyl (C=O) groups is 1. The second-order valence-electron chi connectivity index (χ2n) is 6.62. The van der Waals surface area contributed by atoms with Gasteiger partial charge in [0.1, 0.15) is 11.9 Å². The van der Waals surface area contributed by atoms with Crippen LogP contribution >= 0.6 is 0 Å². The van der Waals surface area contributed by atoms with Gasteiger partial charge in [-0.25, -0.2) is 4.39 Å². The third-order valence-corrected chi connectivity index (χ3v) is 4.61. The normalized spacial score (nSPS) is 17.4. The third kappa shape index (κ3) is 6.80. The van der Waals surface area contributed by atoms with Crippen LogP contribution in [0.3, 0.4) is 0 Å². The molecule has 1 amide bonds. The molecule has 0 spiro atoms. The van der Waals surface area contributed by atoms with Crippen LogP contribution in [0.5, 0.6) is 0 Å². The van der Waals surface area contributed by atoms with Crippen LogP contribution in [0.25, 0.3) is 0 Å². The van der Waals surface area contributed by atoms with Crippen LogP contribution in [0, 0.1) is 5.82 Å². The van der Waals surface area contributed by atoms with Crippen molar-refractivity contribution < 1.29 is 14.3 Å². The van der Waals surface area contributed by atoms with E-state index in [-0.39, 0.29) is 24.1 Å². The van der Waals surface area contributed by atoms with Crippen LogP contribution in [0.15, 0.2) is 29.3 Å². The topological polar surface area (TPSA) is 89.0 Å². The SMILES string of the molecule is CCNC(=NCC(O)c1ccccc1F)NC1CCN(CC(=O)NC)CC1. The maximum atomic E-state index is 13.8. The number of aliphatic hydroxyl groups excluding tert-OH is 1. The second-order valence-corrected chi connectivity index (χ2v) is 6.62. The van der Waals surface area contributed by atoms with E-state index in [0.29, 0.717) is 19.0 Å². The molecule has 0 aliphatic carbocycles. The molecule has 27 heavy (non-hydrogen) atoms. The monoisotopic (exact) mass is 379 g/mol. The van der Waals surface area contributed by atoms with Crippen molar-refractivity contribution in [2.45, 2.75) is 31.9 Å². The summed E-state index contributed by atoms with van der Waals surface area (Å²) in [5.41, 5.74) is 0.250. The van der Waals surface area contributed by atoms with E-state index in [4.69, 9.17) is 0 Å². The number of rotatable bonds is 7. The molecule has 7 nitrogen and oxygen atoms in total. The summed E-state index contributed by atoms with van der Waals surface area (Å²) in [5, 5.41) is 19.4. The summed E-state index contributed by atoms with van der Waals surface area (Å²) >= 11 is 0. The number of nitrogens with one attached hydrogen (secondary N) is 3. The van der Waals surface area contributed by atoms with Gasteiger partial charge >= 0.3 is 0 Å². The van der Waals surface area contributed by atoms with E-state index in [2.05, 4.69) is 25.8 Å². The van der Waals surface area contributed by atoms with Gasteiger partial charge in [-0.3, -0.25) is 14.7 Å². The Labute approximate surface area is 160 Å². The van der Waals surface area contributed by atoms with Crippen molar-refractivity contribution in [2.75, 3.05) is 39.8 Å². The molecule has 150 valence electrons. The van der Waals surface area contributed by atoms with Crippen molar-refractivity contribution in [3.63, 3.8) is 0 Å². The Morgan fingerprint density at radius 1 is 1.37 bits per heavy atom. The van der Waals surface area contributed by atoms with Gasteiger partial charge in [-0.15, -0.1) is 0 Å². The highest BCUT2D eigenvalue weighted by molar-refractivity contribution is 5.80. The lowest BCUT2D eigenvalue weighted by Crippen LogP contribution is -2.50. The van der Waals surface area contributed by atoms with E-state index < -0.39 is 11.9 Å². The zero-order chi connectivity index (χ0) is 19.6. The van der Waals surface area contributed by atoms with Crippen LogP contribution < -0.4 is 16.0 Å². The molecule has 1 aromatic carbocycles. The molecule has 8 heteroatoms. The molecular weight excluding hydrogens is 349 g/mol. The van der Waals surface area contributed by atoms with Gasteiger partial charge in [-0.2, -0.15) is 0 Å². The molecule has 0 radical (unpaired) electrons. The highest BCUT2D eigenvalue weighted by Gasteiger charge is 2.21. The molecular formula is C19H30FN5O2. The van der Waals surface area contributed by atoms with Crippen LogP contribution in [-0.2, 0) is 4.79 Å². The Morgan fingerprint density at radius 3 is 2.70 bits per heavy atom. The van der Waals surface area contributed by atoms with E-state index in [0.717, 1.165) is 25.9 Å². The molecule has 1 aromatic rings. The van der Waals surface area contributed by atoms with E-state index in [9.17, 15) is 14.3 Å². The molecule has 1 aliphatic heterocycles. The number of likely N-dealkylation sites (N-methyl/N-ethyl adjacent to an activating group) is 1. The molecule has 2 rings (SSSR count). The number of aliphatic imine (C=N–C) groups is 1. The smallest absolute Gasteiger partial charge is 0.233 e. The van der Waals surface area contributed by atoms with Crippen molar-refractivity contribution in [3.05, 3.63) is 35.6 Å². The Kier molecular flexibility index (Phi) is 8.47. The maximum absolute atomic E-state index is 13.8. The molecule has 0 aromatic heterocycles. The number of guanidine groups is 1. The maximum Gasteiger partial charge on any atom is 0.233 e. The third-order valence-electron chi connectivity index (χ3n) is 4.61. The lowest BCUT2D eigenvalue weighted by atomic mass is 10.1. The molecule has 1 saturated heterocycles. The van der Waals surface area contributed by atoms with Gasteiger partial charge in [-0.1, -0.05) is 18.2 Å². The fraction of sp³-hybridized carbons (Fsp3) is 0.579. The molecule has 1 unspecified atom stereocenters. The Morgan fingerprint density at radius 2 is 2.07 bits per heavy atom. The van der Waals surface area contributed by atoms with Crippen LogP contribution in [0.2, 0.25) is 0 Å². The van der Waals surface area contributed by atoms with Crippen molar-refractivity contribution in [3.8, 4) is 0 Å². The summed E-state index contributed by atoms with van der Waals surface area (Å²) in [4.78, 5) is 18.0.